The summed E-state index contributed by atoms with van der Waals surface area (Å²) in [6.45, 7) is -0.535. The zero-order chi connectivity index (χ0) is 30.7. The van der Waals surface area contributed by atoms with Crippen LogP contribution in [0.25, 0.3) is 11.0 Å². The molecular weight excluding hydrogens is 570 g/mol. The van der Waals surface area contributed by atoms with Crippen molar-refractivity contribution in [3.05, 3.63) is 99.2 Å². The highest BCUT2D eigenvalue weighted by atomic mass is 19.4. The van der Waals surface area contributed by atoms with Gasteiger partial charge in [-0.25, -0.2) is 4.98 Å². The summed E-state index contributed by atoms with van der Waals surface area (Å²) in [5, 5.41) is 4.71. The zero-order valence-electron chi connectivity index (χ0n) is 21.8. The number of alkyl halides is 6. The maximum atomic E-state index is 13.5. The van der Waals surface area contributed by atoms with Gasteiger partial charge in [0.05, 0.1) is 29.3 Å². The predicted molar refractivity (Wildman–Crippen MR) is 139 cm³/mol. The molecule has 14 heteroatoms. The van der Waals surface area contributed by atoms with Crippen LogP contribution in [0.3, 0.4) is 0 Å². The third-order valence-corrected chi connectivity index (χ3v) is 6.34. The minimum atomic E-state index is -5.01. The molecule has 1 heterocycles. The van der Waals surface area contributed by atoms with Crippen molar-refractivity contribution < 1.29 is 40.7 Å². The van der Waals surface area contributed by atoms with E-state index in [4.69, 9.17) is 4.74 Å². The van der Waals surface area contributed by atoms with E-state index in [2.05, 4.69) is 15.5 Å². The maximum Gasteiger partial charge on any atom is 0.416 e. The summed E-state index contributed by atoms with van der Waals surface area (Å²) >= 11 is 0. The molecule has 0 bridgehead atoms. The third kappa shape index (κ3) is 6.93. The van der Waals surface area contributed by atoms with Gasteiger partial charge in [0, 0.05) is 42.2 Å². The number of nitrogens with zero attached hydrogens (tertiary/aromatic N) is 3. The minimum absolute atomic E-state index is 0.0644. The van der Waals surface area contributed by atoms with Gasteiger partial charge in [0.25, 0.3) is 11.8 Å². The molecule has 0 atom stereocenters. The topological polar surface area (TPSA) is 103 Å². The first-order chi connectivity index (χ1) is 19.8. The van der Waals surface area contributed by atoms with Gasteiger partial charge in [-0.05, 0) is 48.0 Å². The van der Waals surface area contributed by atoms with Crippen LogP contribution in [-0.4, -0.2) is 35.0 Å². The number of aromatic nitrogens is 2. The predicted octanol–water partition coefficient (Wildman–Crippen LogP) is 6.13. The van der Waals surface area contributed by atoms with E-state index in [1.165, 1.54) is 29.9 Å². The second-order valence-corrected chi connectivity index (χ2v) is 9.21. The van der Waals surface area contributed by atoms with Crippen molar-refractivity contribution in [2.45, 2.75) is 31.7 Å². The van der Waals surface area contributed by atoms with Gasteiger partial charge in [0.15, 0.2) is 0 Å². The van der Waals surface area contributed by atoms with Gasteiger partial charge in [0.1, 0.15) is 11.6 Å². The number of amides is 2. The molecule has 220 valence electrons. The molecule has 42 heavy (non-hydrogen) atoms. The highest BCUT2D eigenvalue weighted by Crippen LogP contribution is 2.37. The summed E-state index contributed by atoms with van der Waals surface area (Å²) in [4.78, 5) is 38.4. The van der Waals surface area contributed by atoms with Gasteiger partial charge in [-0.2, -0.15) is 26.3 Å². The first-order valence-corrected chi connectivity index (χ1v) is 12.3. The number of rotatable bonds is 9. The van der Waals surface area contributed by atoms with Crippen LogP contribution in [0.2, 0.25) is 0 Å². The highest BCUT2D eigenvalue weighted by Gasteiger charge is 2.37. The molecule has 0 radical (unpaired) electrons. The number of benzene rings is 3. The third-order valence-electron chi connectivity index (χ3n) is 6.34. The molecule has 0 saturated carbocycles. The lowest BCUT2D eigenvalue weighted by Crippen LogP contribution is -2.25. The molecule has 1 aromatic heterocycles. The van der Waals surface area contributed by atoms with Crippen LogP contribution in [0, 0.1) is 4.91 Å². The molecule has 0 aliphatic heterocycles. The van der Waals surface area contributed by atoms with Crippen LogP contribution in [0.15, 0.2) is 65.8 Å². The van der Waals surface area contributed by atoms with Crippen molar-refractivity contribution in [1.82, 2.24) is 14.9 Å². The first kappa shape index (κ1) is 30.2. The molecule has 1 N–H and O–H groups in total. The van der Waals surface area contributed by atoms with E-state index in [1.54, 1.807) is 24.3 Å². The lowest BCUT2D eigenvalue weighted by atomic mass is 10.0. The standard InChI is InChI=1S/C28H22F6N4O4/c1-42-23-5-3-2-4-17(23)13-24-36-21-12-18(26(40)35-9-8-25(39)37-41)6-7-22(21)38(24)15-16-10-19(27(29,30)31)14-20(11-16)28(32,33)34/h2-7,10-12,14H,8-9,13,15H2,1H3,(H,35,40). The Bertz CT molecular complexity index is 1610. The summed E-state index contributed by atoms with van der Waals surface area (Å²) in [7, 11) is 1.45. The molecule has 3 aromatic carbocycles. The summed E-state index contributed by atoms with van der Waals surface area (Å²) in [5.41, 5.74) is -1.75. The number of para-hydroxylation sites is 1. The van der Waals surface area contributed by atoms with Gasteiger partial charge >= 0.3 is 12.4 Å². The number of carbonyl (C=O) groups is 2. The smallest absolute Gasteiger partial charge is 0.416 e. The Balaban J connectivity index is 1.79. The largest absolute Gasteiger partial charge is 0.496 e. The van der Waals surface area contributed by atoms with E-state index in [9.17, 15) is 40.8 Å². The summed E-state index contributed by atoms with van der Waals surface area (Å²) < 4.78 is 87.9. The first-order valence-electron chi connectivity index (χ1n) is 12.3. The van der Waals surface area contributed by atoms with Crippen molar-refractivity contribution in [2.75, 3.05) is 13.7 Å². The van der Waals surface area contributed by atoms with E-state index in [-0.39, 0.29) is 48.6 Å². The van der Waals surface area contributed by atoms with Gasteiger partial charge in [-0.15, -0.1) is 4.91 Å². The fraction of sp³-hybridized carbons (Fsp3) is 0.250. The van der Waals surface area contributed by atoms with Crippen LogP contribution in [0.1, 0.15) is 44.9 Å². The average Bonchev–Trinajstić information content (AvgIpc) is 3.27. The van der Waals surface area contributed by atoms with Crippen molar-refractivity contribution in [1.29, 1.82) is 0 Å². The number of imidazole rings is 1. The quantitative estimate of drug-likeness (QED) is 0.186. The fourth-order valence-corrected chi connectivity index (χ4v) is 4.38. The number of halogens is 6. The van der Waals surface area contributed by atoms with Gasteiger partial charge in [-0.3, -0.25) is 9.59 Å². The molecule has 0 aliphatic rings. The molecule has 0 spiro atoms. The van der Waals surface area contributed by atoms with Crippen LogP contribution >= 0.6 is 0 Å². The maximum absolute atomic E-state index is 13.5. The molecule has 0 fully saturated rings. The number of methoxy groups -OCH3 is 1. The van der Waals surface area contributed by atoms with Gasteiger partial charge < -0.3 is 14.6 Å². The van der Waals surface area contributed by atoms with E-state index in [0.717, 1.165) is 0 Å². The summed E-state index contributed by atoms with van der Waals surface area (Å²) in [6.07, 6.45) is -10.2. The Morgan fingerprint density at radius 1 is 0.952 bits per heavy atom. The number of nitrogens with one attached hydrogen (secondary N) is 1. The second-order valence-electron chi connectivity index (χ2n) is 9.21. The zero-order valence-corrected chi connectivity index (χ0v) is 21.8. The number of carbonyl (C=O) groups excluding carboxylic acids is 2. The Morgan fingerprint density at radius 3 is 2.24 bits per heavy atom. The summed E-state index contributed by atoms with van der Waals surface area (Å²) in [5.74, 6) is -0.743. The van der Waals surface area contributed by atoms with E-state index in [0.29, 0.717) is 34.8 Å². The van der Waals surface area contributed by atoms with Gasteiger partial charge in [-0.1, -0.05) is 18.2 Å². The lowest BCUT2D eigenvalue weighted by molar-refractivity contribution is -0.143. The summed E-state index contributed by atoms with van der Waals surface area (Å²) in [6, 6.07) is 12.6. The SMILES string of the molecule is COc1ccccc1Cc1nc2cc(C(=O)NCCC(=O)N=O)ccc2n1Cc1cc(C(F)(F)F)cc(C(F)(F)F)c1. The van der Waals surface area contributed by atoms with E-state index < -0.39 is 35.3 Å². The van der Waals surface area contributed by atoms with E-state index >= 15 is 0 Å². The number of hydrogen-bond donors (Lipinski definition) is 1. The van der Waals surface area contributed by atoms with Crippen LogP contribution in [0.4, 0.5) is 26.3 Å². The number of hydrogen-bond acceptors (Lipinski definition) is 5. The number of nitroso groups, excluding NO2 is 1. The van der Waals surface area contributed by atoms with Crippen molar-refractivity contribution >= 4 is 22.8 Å². The Labute approximate surface area is 234 Å². The molecule has 0 saturated heterocycles. The van der Waals surface area contributed by atoms with Crippen LogP contribution in [0.5, 0.6) is 5.75 Å². The number of ether oxygens (including phenoxy) is 1. The Kier molecular flexibility index (Phi) is 8.64. The molecular formula is C28H22F6N4O4. The average molecular weight is 592 g/mol. The molecule has 4 aromatic rings. The second kappa shape index (κ2) is 12.0. The Morgan fingerprint density at radius 2 is 1.62 bits per heavy atom. The van der Waals surface area contributed by atoms with Crippen LogP contribution in [-0.2, 0) is 30.1 Å². The minimum Gasteiger partial charge on any atom is -0.496 e. The van der Waals surface area contributed by atoms with Gasteiger partial charge in [0.2, 0.25) is 0 Å². The molecule has 2 amide bonds. The van der Waals surface area contributed by atoms with E-state index in [1.807, 2.05) is 0 Å². The van der Waals surface area contributed by atoms with Crippen molar-refractivity contribution in [3.63, 3.8) is 0 Å². The molecule has 4 rings (SSSR count). The van der Waals surface area contributed by atoms with Crippen molar-refractivity contribution in [2.24, 2.45) is 5.18 Å². The fourth-order valence-electron chi connectivity index (χ4n) is 4.38. The Hall–Kier alpha value is -4.75. The highest BCUT2D eigenvalue weighted by molar-refractivity contribution is 5.97. The molecule has 0 unspecified atom stereocenters. The monoisotopic (exact) mass is 592 g/mol. The number of fused-ring (bicyclic) bond motifs is 1. The normalized spacial score (nSPS) is 11.9. The van der Waals surface area contributed by atoms with Crippen molar-refractivity contribution in [3.8, 4) is 5.75 Å². The molecule has 0 aliphatic carbocycles. The molecule has 8 nitrogen and oxygen atoms in total. The lowest BCUT2D eigenvalue weighted by Gasteiger charge is -2.16. The van der Waals surface area contributed by atoms with Crippen LogP contribution < -0.4 is 10.1 Å².